The lowest BCUT2D eigenvalue weighted by molar-refractivity contribution is 0.103. The van der Waals surface area contributed by atoms with Crippen LogP contribution in [0.2, 0.25) is 0 Å². The first-order valence-electron chi connectivity index (χ1n) is 8.67. The summed E-state index contributed by atoms with van der Waals surface area (Å²) in [5.74, 6) is 1.54. The van der Waals surface area contributed by atoms with E-state index in [4.69, 9.17) is 15.2 Å². The zero-order valence-electron chi connectivity index (χ0n) is 14.4. The van der Waals surface area contributed by atoms with Crippen LogP contribution in [-0.4, -0.2) is 58.0 Å². The highest BCUT2D eigenvalue weighted by atomic mass is 16.5. The monoisotopic (exact) mass is 300 g/mol. The van der Waals surface area contributed by atoms with Crippen molar-refractivity contribution in [2.24, 2.45) is 17.6 Å². The van der Waals surface area contributed by atoms with Crippen molar-refractivity contribution in [1.29, 1.82) is 0 Å². The second-order valence-electron chi connectivity index (χ2n) is 6.53. The molecule has 0 heterocycles. The second-order valence-corrected chi connectivity index (χ2v) is 6.53. The molecule has 1 aliphatic rings. The largest absolute Gasteiger partial charge is 0.385 e. The van der Waals surface area contributed by atoms with Crippen molar-refractivity contribution in [1.82, 2.24) is 4.90 Å². The van der Waals surface area contributed by atoms with Gasteiger partial charge in [-0.2, -0.15) is 0 Å². The van der Waals surface area contributed by atoms with Crippen molar-refractivity contribution >= 4 is 0 Å². The van der Waals surface area contributed by atoms with E-state index < -0.39 is 0 Å². The van der Waals surface area contributed by atoms with Crippen molar-refractivity contribution in [2.45, 2.75) is 51.5 Å². The number of nitrogens with two attached hydrogens (primary N) is 1. The standard InChI is InChI=1S/C17H36N2O2/c1-4-6-15-7-8-17(18)16(13-15)14-19(10-12-21-3)9-5-11-20-2/h15-17H,4-14,18H2,1-3H3. The quantitative estimate of drug-likeness (QED) is 0.596. The summed E-state index contributed by atoms with van der Waals surface area (Å²) in [4.78, 5) is 2.52. The maximum Gasteiger partial charge on any atom is 0.0589 e. The van der Waals surface area contributed by atoms with E-state index in [1.165, 1.54) is 32.1 Å². The predicted molar refractivity (Wildman–Crippen MR) is 88.5 cm³/mol. The molecule has 0 aromatic rings. The van der Waals surface area contributed by atoms with Gasteiger partial charge in [-0.1, -0.05) is 19.8 Å². The maximum atomic E-state index is 6.39. The van der Waals surface area contributed by atoms with Gasteiger partial charge >= 0.3 is 0 Å². The van der Waals surface area contributed by atoms with Crippen LogP contribution in [0.15, 0.2) is 0 Å². The van der Waals surface area contributed by atoms with Crippen LogP contribution in [0.5, 0.6) is 0 Å². The lowest BCUT2D eigenvalue weighted by Gasteiger charge is -2.37. The molecule has 1 saturated carbocycles. The van der Waals surface area contributed by atoms with Crippen LogP contribution in [0.1, 0.15) is 45.4 Å². The van der Waals surface area contributed by atoms with Gasteiger partial charge in [-0.15, -0.1) is 0 Å². The minimum Gasteiger partial charge on any atom is -0.385 e. The third kappa shape index (κ3) is 7.59. The first kappa shape index (κ1) is 18.9. The fourth-order valence-electron chi connectivity index (χ4n) is 3.54. The molecule has 126 valence electrons. The lowest BCUT2D eigenvalue weighted by Crippen LogP contribution is -2.44. The third-order valence-corrected chi connectivity index (χ3v) is 4.77. The Bertz CT molecular complexity index is 251. The summed E-state index contributed by atoms with van der Waals surface area (Å²) in [5.41, 5.74) is 6.39. The van der Waals surface area contributed by atoms with Gasteiger partial charge in [0.05, 0.1) is 6.61 Å². The number of rotatable bonds is 11. The molecule has 0 aromatic carbocycles. The lowest BCUT2D eigenvalue weighted by atomic mass is 9.76. The van der Waals surface area contributed by atoms with E-state index in [0.29, 0.717) is 12.0 Å². The minimum absolute atomic E-state index is 0.380. The SMILES string of the molecule is CCCC1CCC(N)C(CN(CCCOC)CCOC)C1. The highest BCUT2D eigenvalue weighted by Gasteiger charge is 2.28. The Labute approximate surface area is 131 Å². The Morgan fingerprint density at radius 1 is 1.10 bits per heavy atom. The van der Waals surface area contributed by atoms with Gasteiger partial charge in [0.15, 0.2) is 0 Å². The van der Waals surface area contributed by atoms with Crippen molar-refractivity contribution in [3.8, 4) is 0 Å². The van der Waals surface area contributed by atoms with E-state index in [9.17, 15) is 0 Å². The van der Waals surface area contributed by atoms with Crippen LogP contribution in [0.25, 0.3) is 0 Å². The van der Waals surface area contributed by atoms with Crippen molar-refractivity contribution in [2.75, 3.05) is 47.1 Å². The molecule has 0 radical (unpaired) electrons. The van der Waals surface area contributed by atoms with Gasteiger partial charge in [-0.25, -0.2) is 0 Å². The smallest absolute Gasteiger partial charge is 0.0589 e. The number of hydrogen-bond donors (Lipinski definition) is 1. The molecule has 0 spiro atoms. The summed E-state index contributed by atoms with van der Waals surface area (Å²) in [7, 11) is 3.54. The zero-order valence-corrected chi connectivity index (χ0v) is 14.4. The molecule has 1 aliphatic carbocycles. The molecule has 3 atom stereocenters. The molecule has 3 unspecified atom stereocenters. The van der Waals surface area contributed by atoms with Crippen molar-refractivity contribution < 1.29 is 9.47 Å². The van der Waals surface area contributed by atoms with E-state index in [-0.39, 0.29) is 0 Å². The van der Waals surface area contributed by atoms with E-state index >= 15 is 0 Å². The van der Waals surface area contributed by atoms with E-state index in [2.05, 4.69) is 11.8 Å². The highest BCUT2D eigenvalue weighted by Crippen LogP contribution is 2.31. The first-order chi connectivity index (χ1) is 10.2. The maximum absolute atomic E-state index is 6.39. The highest BCUT2D eigenvalue weighted by molar-refractivity contribution is 4.84. The molecule has 4 nitrogen and oxygen atoms in total. The molecule has 1 rings (SSSR count). The molecule has 0 aromatic heterocycles. The summed E-state index contributed by atoms with van der Waals surface area (Å²) < 4.78 is 10.4. The van der Waals surface area contributed by atoms with Crippen LogP contribution in [0.3, 0.4) is 0 Å². The minimum atomic E-state index is 0.380. The Morgan fingerprint density at radius 3 is 2.52 bits per heavy atom. The fourth-order valence-corrected chi connectivity index (χ4v) is 3.54. The van der Waals surface area contributed by atoms with Crippen LogP contribution >= 0.6 is 0 Å². The van der Waals surface area contributed by atoms with Crippen LogP contribution in [0.4, 0.5) is 0 Å². The number of hydrogen-bond acceptors (Lipinski definition) is 4. The predicted octanol–water partition coefficient (Wildman–Crippen LogP) is 2.52. The number of nitrogens with zero attached hydrogens (tertiary/aromatic N) is 1. The van der Waals surface area contributed by atoms with Crippen LogP contribution in [0, 0.1) is 11.8 Å². The zero-order chi connectivity index (χ0) is 15.5. The summed E-state index contributed by atoms with van der Waals surface area (Å²) >= 11 is 0. The topological polar surface area (TPSA) is 47.7 Å². The molecule has 1 fully saturated rings. The second kappa shape index (κ2) is 11.4. The molecule has 4 heteroatoms. The molecular weight excluding hydrogens is 264 g/mol. The summed E-state index contributed by atoms with van der Waals surface area (Å²) in [6.07, 6.45) is 7.58. The Kier molecular flexibility index (Phi) is 10.3. The van der Waals surface area contributed by atoms with Gasteiger partial charge in [0.1, 0.15) is 0 Å². The molecule has 2 N–H and O–H groups in total. The normalized spacial score (nSPS) is 26.4. The summed E-state index contributed by atoms with van der Waals surface area (Å²) in [6.45, 7) is 7.13. The fraction of sp³-hybridized carbons (Fsp3) is 1.00. The van der Waals surface area contributed by atoms with Gasteiger partial charge < -0.3 is 20.1 Å². The molecule has 0 bridgehead atoms. The van der Waals surface area contributed by atoms with Gasteiger partial charge in [0.25, 0.3) is 0 Å². The van der Waals surface area contributed by atoms with Crippen LogP contribution in [-0.2, 0) is 9.47 Å². The van der Waals surface area contributed by atoms with Gasteiger partial charge in [-0.05, 0) is 37.5 Å². The molecule has 0 amide bonds. The molecule has 0 saturated heterocycles. The summed E-state index contributed by atoms with van der Waals surface area (Å²) in [6, 6.07) is 0.380. The van der Waals surface area contributed by atoms with E-state index in [0.717, 1.165) is 45.2 Å². The van der Waals surface area contributed by atoms with Crippen molar-refractivity contribution in [3.63, 3.8) is 0 Å². The van der Waals surface area contributed by atoms with Gasteiger partial charge in [0.2, 0.25) is 0 Å². The molecule has 21 heavy (non-hydrogen) atoms. The van der Waals surface area contributed by atoms with Gasteiger partial charge in [0, 0.05) is 46.5 Å². The van der Waals surface area contributed by atoms with E-state index in [1.807, 2.05) is 0 Å². The Balaban J connectivity index is 2.44. The number of methoxy groups -OCH3 is 2. The number of ether oxygens (including phenoxy) is 2. The average molecular weight is 300 g/mol. The Hall–Kier alpha value is -0.160. The third-order valence-electron chi connectivity index (χ3n) is 4.77. The van der Waals surface area contributed by atoms with Crippen molar-refractivity contribution in [3.05, 3.63) is 0 Å². The van der Waals surface area contributed by atoms with Crippen LogP contribution < -0.4 is 5.73 Å². The average Bonchev–Trinajstić information content (AvgIpc) is 2.48. The first-order valence-corrected chi connectivity index (χ1v) is 8.67. The van der Waals surface area contributed by atoms with E-state index in [1.54, 1.807) is 14.2 Å². The summed E-state index contributed by atoms with van der Waals surface area (Å²) in [5, 5.41) is 0. The molecule has 0 aliphatic heterocycles. The van der Waals surface area contributed by atoms with Gasteiger partial charge in [-0.3, -0.25) is 0 Å². The molecular formula is C17H36N2O2. The Morgan fingerprint density at radius 2 is 1.86 bits per heavy atom.